The molecule has 0 saturated heterocycles. The number of halogens is 1. The average Bonchev–Trinajstić information content (AvgIpc) is 3.01. The maximum Gasteiger partial charge on any atom is 0.569 e. The molecule has 10 heteroatoms. The molecule has 0 spiro atoms. The molecule has 0 atom stereocenters. The highest BCUT2D eigenvalue weighted by molar-refractivity contribution is 9.10. The molecule has 8 nitrogen and oxygen atoms in total. The summed E-state index contributed by atoms with van der Waals surface area (Å²) in [4.78, 5) is 20.9. The Balaban J connectivity index is 0.000000224. The van der Waals surface area contributed by atoms with Crippen LogP contribution in [0.1, 0.15) is 20.7 Å². The van der Waals surface area contributed by atoms with Gasteiger partial charge in [0.1, 0.15) is 18.3 Å². The number of methoxy groups -OCH3 is 4. The minimum absolute atomic E-state index is 0.486. The summed E-state index contributed by atoms with van der Waals surface area (Å²) in [6.45, 7) is 0. The monoisotopic (exact) mass is 607 g/mol. The smallest absolute Gasteiger partial charge is 0.537 e. The molecule has 4 aromatic rings. The van der Waals surface area contributed by atoms with E-state index in [-0.39, 0.29) is 0 Å². The Kier molecular flexibility index (Phi) is 13.8. The van der Waals surface area contributed by atoms with Crippen LogP contribution in [0.3, 0.4) is 0 Å². The SMILES string of the molecule is COc1ccc(-c2cccc(C=O)c2)cc1OC.COc1ccc(O[B]O)cc1OC.O=Cc1cccc(Br)c1. The van der Waals surface area contributed by atoms with E-state index < -0.39 is 0 Å². The van der Waals surface area contributed by atoms with Crippen molar-refractivity contribution in [3.63, 3.8) is 0 Å². The van der Waals surface area contributed by atoms with Gasteiger partial charge in [0.2, 0.25) is 0 Å². The molecule has 0 aliphatic heterocycles. The highest BCUT2D eigenvalue weighted by atomic mass is 79.9. The lowest BCUT2D eigenvalue weighted by molar-refractivity contribution is 0.111. The first-order chi connectivity index (χ1) is 19.4. The van der Waals surface area contributed by atoms with Crippen LogP contribution in [0.5, 0.6) is 28.7 Å². The third-order valence-corrected chi connectivity index (χ3v) is 5.76. The highest BCUT2D eigenvalue weighted by Gasteiger charge is 2.07. The number of benzene rings is 4. The molecule has 207 valence electrons. The van der Waals surface area contributed by atoms with Gasteiger partial charge < -0.3 is 28.6 Å². The van der Waals surface area contributed by atoms with Gasteiger partial charge >= 0.3 is 7.69 Å². The van der Waals surface area contributed by atoms with Crippen molar-refractivity contribution in [2.75, 3.05) is 28.4 Å². The molecule has 4 aromatic carbocycles. The Morgan fingerprint density at radius 2 is 1.15 bits per heavy atom. The van der Waals surface area contributed by atoms with Crippen molar-refractivity contribution >= 4 is 36.2 Å². The molecule has 1 radical (unpaired) electrons. The van der Waals surface area contributed by atoms with Gasteiger partial charge in [-0.25, -0.2) is 0 Å². The first-order valence-corrected chi connectivity index (χ1v) is 12.5. The normalized spacial score (nSPS) is 9.45. The Hall–Kier alpha value is -4.28. The van der Waals surface area contributed by atoms with Gasteiger partial charge in [-0.15, -0.1) is 0 Å². The maximum atomic E-state index is 10.8. The van der Waals surface area contributed by atoms with Crippen LogP contribution in [0.25, 0.3) is 11.1 Å². The molecule has 0 aromatic heterocycles. The van der Waals surface area contributed by atoms with E-state index in [1.54, 1.807) is 57.7 Å². The fourth-order valence-corrected chi connectivity index (χ4v) is 3.75. The van der Waals surface area contributed by atoms with Crippen molar-refractivity contribution in [3.05, 3.63) is 101 Å². The van der Waals surface area contributed by atoms with Crippen LogP contribution in [0.4, 0.5) is 0 Å². The summed E-state index contributed by atoms with van der Waals surface area (Å²) >= 11 is 3.24. The van der Waals surface area contributed by atoms with Crippen LogP contribution in [-0.4, -0.2) is 53.7 Å². The first-order valence-electron chi connectivity index (χ1n) is 11.8. The number of hydrogen-bond acceptors (Lipinski definition) is 8. The van der Waals surface area contributed by atoms with Crippen LogP contribution < -0.4 is 23.6 Å². The van der Waals surface area contributed by atoms with Gasteiger partial charge in [0.15, 0.2) is 23.0 Å². The summed E-state index contributed by atoms with van der Waals surface area (Å²) in [5, 5.41) is 8.39. The number of aldehydes is 2. The van der Waals surface area contributed by atoms with Crippen molar-refractivity contribution < 1.29 is 38.2 Å². The lowest BCUT2D eigenvalue weighted by atomic mass is 10.0. The number of hydrogen-bond donors (Lipinski definition) is 1. The quantitative estimate of drug-likeness (QED) is 0.181. The average molecular weight is 608 g/mol. The minimum Gasteiger partial charge on any atom is -0.537 e. The largest absolute Gasteiger partial charge is 0.569 e. The number of rotatable bonds is 9. The fraction of sp³-hybridized carbons (Fsp3) is 0.133. The lowest BCUT2D eigenvalue weighted by Gasteiger charge is -2.09. The Labute approximate surface area is 242 Å². The van der Waals surface area contributed by atoms with E-state index in [0.717, 1.165) is 28.2 Å². The molecule has 4 rings (SSSR count). The van der Waals surface area contributed by atoms with E-state index >= 15 is 0 Å². The van der Waals surface area contributed by atoms with E-state index in [9.17, 15) is 9.59 Å². The molecule has 0 aliphatic carbocycles. The van der Waals surface area contributed by atoms with Gasteiger partial charge in [0.25, 0.3) is 0 Å². The molecule has 0 heterocycles. The maximum absolute atomic E-state index is 10.8. The van der Waals surface area contributed by atoms with Crippen molar-refractivity contribution in [1.29, 1.82) is 0 Å². The second-order valence-corrected chi connectivity index (χ2v) is 8.64. The summed E-state index contributed by atoms with van der Waals surface area (Å²) in [6.07, 6.45) is 1.66. The van der Waals surface area contributed by atoms with Crippen LogP contribution >= 0.6 is 15.9 Å². The van der Waals surface area contributed by atoms with E-state index in [1.807, 2.05) is 48.5 Å². The molecule has 1 N–H and O–H groups in total. The first kappa shape index (κ1) is 31.9. The van der Waals surface area contributed by atoms with Gasteiger partial charge in [0.05, 0.1) is 28.4 Å². The van der Waals surface area contributed by atoms with E-state index in [2.05, 4.69) is 15.9 Å². The van der Waals surface area contributed by atoms with Crippen molar-refractivity contribution in [2.45, 2.75) is 0 Å². The second-order valence-electron chi connectivity index (χ2n) is 7.73. The van der Waals surface area contributed by atoms with Gasteiger partial charge in [-0.05, 0) is 53.6 Å². The molecule has 40 heavy (non-hydrogen) atoms. The van der Waals surface area contributed by atoms with Crippen LogP contribution in [0, 0.1) is 0 Å². The molecule has 0 aliphatic rings. The zero-order valence-corrected chi connectivity index (χ0v) is 24.1. The molecule has 0 fully saturated rings. The van der Waals surface area contributed by atoms with Gasteiger partial charge in [-0.3, -0.25) is 9.59 Å². The van der Waals surface area contributed by atoms with Crippen molar-refractivity contribution in [2.24, 2.45) is 0 Å². The number of carbonyl (C=O) groups excluding carboxylic acids is 2. The van der Waals surface area contributed by atoms with Gasteiger partial charge in [-0.2, -0.15) is 0 Å². The predicted molar refractivity (Wildman–Crippen MR) is 158 cm³/mol. The van der Waals surface area contributed by atoms with E-state index in [0.29, 0.717) is 47.6 Å². The summed E-state index contributed by atoms with van der Waals surface area (Å²) in [7, 11) is 6.90. The van der Waals surface area contributed by atoms with E-state index in [4.69, 9.17) is 28.6 Å². The third kappa shape index (κ3) is 9.79. The summed E-state index contributed by atoms with van der Waals surface area (Å²) < 4.78 is 26.2. The topological polar surface area (TPSA) is 101 Å². The zero-order valence-electron chi connectivity index (χ0n) is 22.5. The third-order valence-electron chi connectivity index (χ3n) is 5.27. The highest BCUT2D eigenvalue weighted by Crippen LogP contribution is 2.32. The van der Waals surface area contributed by atoms with Gasteiger partial charge in [-0.1, -0.05) is 52.3 Å². The fourth-order valence-electron chi connectivity index (χ4n) is 3.34. The summed E-state index contributed by atoms with van der Waals surface area (Å²) in [5.74, 6) is 3.02. The zero-order chi connectivity index (χ0) is 29.3. The van der Waals surface area contributed by atoms with Crippen LogP contribution in [-0.2, 0) is 0 Å². The lowest BCUT2D eigenvalue weighted by Crippen LogP contribution is -2.00. The van der Waals surface area contributed by atoms with Crippen LogP contribution in [0.15, 0.2) is 89.4 Å². The predicted octanol–water partition coefficient (Wildman–Crippen LogP) is 6.05. The molecular weight excluding hydrogens is 579 g/mol. The number of ether oxygens (including phenoxy) is 4. The molecule has 0 bridgehead atoms. The Bertz CT molecular complexity index is 1380. The van der Waals surface area contributed by atoms with E-state index in [1.165, 1.54) is 7.11 Å². The van der Waals surface area contributed by atoms with Gasteiger partial charge in [0, 0.05) is 21.7 Å². The van der Waals surface area contributed by atoms with Crippen molar-refractivity contribution in [1.82, 2.24) is 0 Å². The standard InChI is InChI=1S/C15H14O3.C8H10BO4.C7H5BrO/c1-17-14-7-6-13(9-15(14)18-2)12-5-3-4-11(8-12)10-16;1-11-7-4-3-6(13-9-10)5-8(7)12-2;8-7-3-1-2-6(4-7)5-9/h3-10H,1-2H3;3-5,10H,1-2H3;1-5H. The summed E-state index contributed by atoms with van der Waals surface area (Å²) in [6, 6.07) is 25.3. The molecule has 0 unspecified atom stereocenters. The Morgan fingerprint density at radius 1 is 0.625 bits per heavy atom. The second kappa shape index (κ2) is 17.3. The van der Waals surface area contributed by atoms with Crippen molar-refractivity contribution in [3.8, 4) is 39.9 Å². The molecular formula is C30H29BBrO8. The summed E-state index contributed by atoms with van der Waals surface area (Å²) in [5.41, 5.74) is 3.31. The molecule has 0 amide bonds. The van der Waals surface area contributed by atoms with Crippen LogP contribution in [0.2, 0.25) is 0 Å². The Morgan fingerprint density at radius 3 is 1.68 bits per heavy atom. The minimum atomic E-state index is 0.486. The number of carbonyl (C=O) groups is 2. The molecule has 0 saturated carbocycles.